The van der Waals surface area contributed by atoms with E-state index in [1.54, 1.807) is 5.56 Å². The average Bonchev–Trinajstić information content (AvgIpc) is 3.69. The predicted octanol–water partition coefficient (Wildman–Crippen LogP) is 14.9. The number of nitrogens with zero attached hydrogens (tertiary/aromatic N) is 2. The number of allylic oxidation sites excluding steroid dienone is 1. The lowest BCUT2D eigenvalue weighted by Gasteiger charge is -2.45. The van der Waals surface area contributed by atoms with Crippen molar-refractivity contribution < 1.29 is 0 Å². The van der Waals surface area contributed by atoms with Crippen LogP contribution < -0.4 is 10.4 Å². The molecule has 0 spiro atoms. The van der Waals surface area contributed by atoms with Crippen LogP contribution >= 0.6 is 0 Å². The maximum atomic E-state index is 2.81. The van der Waals surface area contributed by atoms with E-state index >= 15 is 0 Å². The summed E-state index contributed by atoms with van der Waals surface area (Å²) in [5.74, 6) is 0. The van der Waals surface area contributed by atoms with Crippen LogP contribution in [-0.2, 0) is 27.1 Å². The molecular weight excluding hydrogens is 747 g/mol. The third-order valence-electron chi connectivity index (χ3n) is 17.2. The average molecular weight is 805 g/mol. The van der Waals surface area contributed by atoms with Crippen LogP contribution in [0.25, 0.3) is 60.2 Å². The molecule has 3 heterocycles. The summed E-state index contributed by atoms with van der Waals surface area (Å²) in [5, 5.41) is 7.90. The Kier molecular flexibility index (Phi) is 6.89. The Hall–Kier alpha value is -5.54. The minimum absolute atomic E-state index is 0.000341. The molecule has 1 aromatic heterocycles. The lowest BCUT2D eigenvalue weighted by atomic mass is 9.40. The van der Waals surface area contributed by atoms with E-state index < -0.39 is 0 Å². The van der Waals surface area contributed by atoms with Crippen LogP contribution in [0.4, 0.5) is 11.4 Å². The van der Waals surface area contributed by atoms with Gasteiger partial charge in [0.25, 0.3) is 0 Å². The van der Waals surface area contributed by atoms with Gasteiger partial charge in [0.15, 0.2) is 0 Å². The normalized spacial score (nSPS) is 20.4. The third-order valence-corrected chi connectivity index (χ3v) is 17.2. The van der Waals surface area contributed by atoms with Gasteiger partial charge >= 0.3 is 6.85 Å². The molecule has 62 heavy (non-hydrogen) atoms. The topological polar surface area (TPSA) is 8.17 Å². The number of hydrogen-bond donors (Lipinski definition) is 0. The zero-order valence-electron chi connectivity index (χ0n) is 38.3. The standard InChI is InChI=1S/C59H57BN2/c1-55(2)24-25-56(3,4)46-31-37(22-23-44(46)55)61-52-38-19-14-13-18-36(38)29-42-40-21-15-20-39-41-28-34-16-11-12-17-35(34)30-49(41)62(51(39)40)60(50(42)52)54-53(61)43-32-47-48(33-45(43)59(54,9)10)58(7,8)27-26-57(47,5)6/h11-23,28-33H,24-27H2,1-10H3. The summed E-state index contributed by atoms with van der Waals surface area (Å²) in [5.41, 5.74) is 21.5. The van der Waals surface area contributed by atoms with Gasteiger partial charge in [0.2, 0.25) is 0 Å². The van der Waals surface area contributed by atoms with E-state index in [2.05, 4.69) is 194 Å². The van der Waals surface area contributed by atoms with Crippen molar-refractivity contribution in [2.75, 3.05) is 4.90 Å². The molecule has 8 aromatic rings. The summed E-state index contributed by atoms with van der Waals surface area (Å²) in [7, 11) is 0. The van der Waals surface area contributed by atoms with Gasteiger partial charge in [-0.1, -0.05) is 148 Å². The minimum Gasteiger partial charge on any atom is -0.376 e. The van der Waals surface area contributed by atoms with E-state index in [-0.39, 0.29) is 33.9 Å². The molecule has 306 valence electrons. The lowest BCUT2D eigenvalue weighted by Crippen LogP contribution is -2.52. The van der Waals surface area contributed by atoms with Crippen LogP contribution in [0.15, 0.2) is 121 Å². The Morgan fingerprint density at radius 3 is 1.76 bits per heavy atom. The maximum absolute atomic E-state index is 2.81. The summed E-state index contributed by atoms with van der Waals surface area (Å²) in [4.78, 5) is 2.79. The van der Waals surface area contributed by atoms with Crippen molar-refractivity contribution in [3.8, 4) is 11.1 Å². The molecule has 13 rings (SSSR count). The monoisotopic (exact) mass is 804 g/mol. The second-order valence-corrected chi connectivity index (χ2v) is 23.0. The molecule has 2 nitrogen and oxygen atoms in total. The van der Waals surface area contributed by atoms with E-state index in [1.807, 2.05) is 0 Å². The highest BCUT2D eigenvalue weighted by atomic mass is 15.2. The van der Waals surface area contributed by atoms with Gasteiger partial charge in [-0.25, -0.2) is 0 Å². The molecule has 2 aliphatic heterocycles. The molecule has 3 aliphatic carbocycles. The third kappa shape index (κ3) is 4.53. The Morgan fingerprint density at radius 2 is 1.05 bits per heavy atom. The van der Waals surface area contributed by atoms with Crippen LogP contribution in [0.5, 0.6) is 0 Å². The fourth-order valence-corrected chi connectivity index (χ4v) is 13.5. The van der Waals surface area contributed by atoms with Crippen molar-refractivity contribution in [1.82, 2.24) is 4.48 Å². The molecule has 5 aliphatic rings. The second-order valence-electron chi connectivity index (χ2n) is 23.0. The molecule has 0 radical (unpaired) electrons. The van der Waals surface area contributed by atoms with Gasteiger partial charge in [-0.2, -0.15) is 0 Å². The first-order valence-electron chi connectivity index (χ1n) is 23.4. The van der Waals surface area contributed by atoms with Crippen molar-refractivity contribution in [1.29, 1.82) is 0 Å². The molecule has 0 amide bonds. The largest absolute Gasteiger partial charge is 0.376 e. The van der Waals surface area contributed by atoms with Gasteiger partial charge in [-0.15, -0.1) is 0 Å². The predicted molar refractivity (Wildman–Crippen MR) is 266 cm³/mol. The van der Waals surface area contributed by atoms with Crippen molar-refractivity contribution in [3.05, 3.63) is 154 Å². The van der Waals surface area contributed by atoms with E-state index in [4.69, 9.17) is 0 Å². The van der Waals surface area contributed by atoms with Crippen LogP contribution in [-0.4, -0.2) is 11.3 Å². The zero-order valence-corrected chi connectivity index (χ0v) is 38.3. The van der Waals surface area contributed by atoms with E-state index in [1.165, 1.54) is 136 Å². The summed E-state index contributed by atoms with van der Waals surface area (Å²) in [6.45, 7) is 25.0. The van der Waals surface area contributed by atoms with Crippen molar-refractivity contribution in [3.63, 3.8) is 0 Å². The molecule has 7 aromatic carbocycles. The molecule has 0 bridgehead atoms. The highest BCUT2D eigenvalue weighted by Crippen LogP contribution is 2.60. The fourth-order valence-electron chi connectivity index (χ4n) is 13.5. The minimum atomic E-state index is -0.262. The first kappa shape index (κ1) is 37.1. The molecule has 0 N–H and O–H groups in total. The molecular formula is C59H57BN2. The molecule has 0 fully saturated rings. The number of hydrogen-bond acceptors (Lipinski definition) is 1. The molecule has 0 saturated heterocycles. The van der Waals surface area contributed by atoms with Gasteiger partial charge in [0.1, 0.15) is 0 Å². The summed E-state index contributed by atoms with van der Waals surface area (Å²) in [6.07, 6.45) is 4.79. The van der Waals surface area contributed by atoms with Gasteiger partial charge in [0, 0.05) is 55.1 Å². The molecule has 3 heteroatoms. The maximum Gasteiger partial charge on any atom is 0.329 e. The van der Waals surface area contributed by atoms with E-state index in [9.17, 15) is 0 Å². The van der Waals surface area contributed by atoms with Crippen LogP contribution in [0.3, 0.4) is 0 Å². The number of aromatic nitrogens is 1. The fraction of sp³-hybridized carbons (Fsp3) is 0.322. The smallest absolute Gasteiger partial charge is 0.329 e. The van der Waals surface area contributed by atoms with Crippen LogP contribution in [0.1, 0.15) is 128 Å². The first-order valence-corrected chi connectivity index (χ1v) is 23.4. The van der Waals surface area contributed by atoms with Gasteiger partial charge in [-0.05, 0) is 144 Å². The van der Waals surface area contributed by atoms with E-state index in [0.717, 1.165) is 0 Å². The Balaban J connectivity index is 1.23. The van der Waals surface area contributed by atoms with Crippen LogP contribution in [0.2, 0.25) is 0 Å². The SMILES string of the molecule is CC1(C)CCC(C)(C)c2cc(N3C4=C(B5c6c(cc7ccccc7c63)-c3cccc6c7cc8ccccc8cc7n5c36)C(C)(C)c3cc5c(cc34)C(C)(C)CCC5(C)C)ccc21. The highest BCUT2D eigenvalue weighted by molar-refractivity contribution is 6.86. The zero-order chi connectivity index (χ0) is 42.6. The molecule has 0 unspecified atom stereocenters. The summed E-state index contributed by atoms with van der Waals surface area (Å²) >= 11 is 0. The van der Waals surface area contributed by atoms with Gasteiger partial charge in [0.05, 0.1) is 5.69 Å². The summed E-state index contributed by atoms with van der Waals surface area (Å²) < 4.78 is 2.81. The number of fused-ring (bicyclic) bond motifs is 13. The van der Waals surface area contributed by atoms with Gasteiger partial charge < -0.3 is 9.38 Å². The van der Waals surface area contributed by atoms with Crippen molar-refractivity contribution in [2.24, 2.45) is 0 Å². The highest BCUT2D eigenvalue weighted by Gasteiger charge is 2.55. The Labute approximate surface area is 367 Å². The number of benzene rings is 7. The first-order chi connectivity index (χ1) is 29.5. The molecule has 0 saturated carbocycles. The number of para-hydroxylation sites is 1. The number of anilines is 2. The Bertz CT molecular complexity index is 3400. The lowest BCUT2D eigenvalue weighted by molar-refractivity contribution is 0.331. The summed E-state index contributed by atoms with van der Waals surface area (Å²) in [6, 6.07) is 45.8. The Morgan fingerprint density at radius 1 is 0.452 bits per heavy atom. The van der Waals surface area contributed by atoms with Gasteiger partial charge in [-0.3, -0.25) is 0 Å². The van der Waals surface area contributed by atoms with Crippen molar-refractivity contribution in [2.45, 2.75) is 122 Å². The van der Waals surface area contributed by atoms with Crippen molar-refractivity contribution >= 4 is 72.7 Å². The second kappa shape index (κ2) is 11.5. The molecule has 0 atom stereocenters. The quantitative estimate of drug-likeness (QED) is 0.150. The number of rotatable bonds is 1. The van der Waals surface area contributed by atoms with Crippen LogP contribution in [0, 0.1) is 0 Å². The van der Waals surface area contributed by atoms with E-state index in [0.29, 0.717) is 0 Å².